The van der Waals surface area contributed by atoms with Gasteiger partial charge in [-0.25, -0.2) is 9.97 Å². The molecule has 208 valence electrons. The molecule has 5 aliphatic rings. The van der Waals surface area contributed by atoms with Crippen LogP contribution in [0.5, 0.6) is 0 Å². The zero-order valence-electron chi connectivity index (χ0n) is 21.4. The van der Waals surface area contributed by atoms with Crippen molar-refractivity contribution >= 4 is 23.5 Å². The van der Waals surface area contributed by atoms with Gasteiger partial charge in [0.2, 0.25) is 11.9 Å². The maximum Gasteiger partial charge on any atom is 0.471 e. The lowest BCUT2D eigenvalue weighted by Gasteiger charge is -2.34. The molecule has 0 atom stereocenters. The maximum absolute atomic E-state index is 13.3. The fourth-order valence-corrected chi connectivity index (χ4v) is 4.49. The fraction of sp³-hybridized carbons (Fsp3) is 0.296. The van der Waals surface area contributed by atoms with E-state index in [9.17, 15) is 22.8 Å². The number of nitrogens with one attached hydrogen (secondary N) is 2. The lowest BCUT2D eigenvalue weighted by molar-refractivity contribution is -0.183. The highest BCUT2D eigenvalue weighted by atomic mass is 19.4. The van der Waals surface area contributed by atoms with E-state index in [2.05, 4.69) is 36.6 Å². The van der Waals surface area contributed by atoms with Gasteiger partial charge in [-0.05, 0) is 35.9 Å². The van der Waals surface area contributed by atoms with Crippen molar-refractivity contribution in [1.82, 2.24) is 35.0 Å². The van der Waals surface area contributed by atoms with Crippen molar-refractivity contribution in [3.05, 3.63) is 78.5 Å². The number of benzene rings is 1. The van der Waals surface area contributed by atoms with Gasteiger partial charge in [0.15, 0.2) is 0 Å². The number of hydrogen-bond acceptors (Lipinski definition) is 8. The number of rotatable bonds is 0. The first-order valence-corrected chi connectivity index (χ1v) is 12.7. The first-order chi connectivity index (χ1) is 19.2. The predicted octanol–water partition coefficient (Wildman–Crippen LogP) is 2.89. The lowest BCUT2D eigenvalue weighted by Crippen LogP contribution is -2.48. The first kappa shape index (κ1) is 27.2. The number of halogens is 3. The summed E-state index contributed by atoms with van der Waals surface area (Å²) in [5, 5.41) is 5.70. The van der Waals surface area contributed by atoms with Crippen molar-refractivity contribution < 1.29 is 22.8 Å². The van der Waals surface area contributed by atoms with E-state index >= 15 is 0 Å². The van der Waals surface area contributed by atoms with Gasteiger partial charge in [0.05, 0.1) is 24.5 Å². The van der Waals surface area contributed by atoms with E-state index in [-0.39, 0.29) is 18.1 Å². The third-order valence-corrected chi connectivity index (χ3v) is 6.53. The van der Waals surface area contributed by atoms with Crippen LogP contribution in [0.3, 0.4) is 0 Å². The number of pyridine rings is 1. The number of carbonyl (C=O) groups excluding carboxylic acids is 2. The Kier molecular flexibility index (Phi) is 8.03. The zero-order chi connectivity index (χ0) is 28.1. The fourth-order valence-electron chi connectivity index (χ4n) is 4.49. The number of hydrogen-bond donors (Lipinski definition) is 2. The Morgan fingerprint density at radius 1 is 0.925 bits per heavy atom. The second kappa shape index (κ2) is 11.8. The first-order valence-electron chi connectivity index (χ1n) is 12.7. The van der Waals surface area contributed by atoms with Gasteiger partial charge >= 0.3 is 12.1 Å². The molecule has 0 saturated carbocycles. The molecule has 2 amide bonds. The van der Waals surface area contributed by atoms with Gasteiger partial charge in [-0.3, -0.25) is 24.4 Å². The van der Waals surface area contributed by atoms with Gasteiger partial charge in [0, 0.05) is 68.8 Å². The molecule has 5 aliphatic heterocycles. The molecule has 0 spiro atoms. The Bertz CT molecular complexity index is 1390. The summed E-state index contributed by atoms with van der Waals surface area (Å²) >= 11 is 0. The minimum atomic E-state index is -5.10. The lowest BCUT2D eigenvalue weighted by atomic mass is 10.1. The number of nitrogens with zero attached hydrogens (tertiary/aromatic N) is 6. The second-order valence-electron chi connectivity index (χ2n) is 9.50. The minimum Gasteiger partial charge on any atom is -0.330 e. The van der Waals surface area contributed by atoms with E-state index < -0.39 is 18.6 Å². The summed E-state index contributed by atoms with van der Waals surface area (Å²) in [4.78, 5) is 42.3. The Hall–Kier alpha value is -4.36. The van der Waals surface area contributed by atoms with Crippen LogP contribution in [0.25, 0.3) is 11.3 Å². The van der Waals surface area contributed by atoms with Crippen LogP contribution >= 0.6 is 0 Å². The van der Waals surface area contributed by atoms with Gasteiger partial charge in [-0.15, -0.1) is 0 Å². The average Bonchev–Trinajstić information content (AvgIpc) is 2.93. The van der Waals surface area contributed by atoms with E-state index in [0.29, 0.717) is 35.2 Å². The van der Waals surface area contributed by atoms with E-state index in [1.807, 2.05) is 23.1 Å². The number of amides is 2. The maximum atomic E-state index is 13.3. The second-order valence-corrected chi connectivity index (χ2v) is 9.50. The summed E-state index contributed by atoms with van der Waals surface area (Å²) in [6, 6.07) is 12.9. The van der Waals surface area contributed by atoms with Crippen LogP contribution in [0.1, 0.15) is 11.3 Å². The molecule has 10 nitrogen and oxygen atoms in total. The Morgan fingerprint density at radius 3 is 2.42 bits per heavy atom. The average molecular weight is 553 g/mol. The molecule has 0 aliphatic carbocycles. The summed E-state index contributed by atoms with van der Waals surface area (Å²) < 4.78 is 39.8. The quantitative estimate of drug-likeness (QED) is 0.439. The van der Waals surface area contributed by atoms with Gasteiger partial charge in [0.1, 0.15) is 0 Å². The highest BCUT2D eigenvalue weighted by molar-refractivity contribution is 5.83. The molecular formula is C27H27F3N8O2. The van der Waals surface area contributed by atoms with Crippen molar-refractivity contribution in [2.24, 2.45) is 0 Å². The van der Waals surface area contributed by atoms with Gasteiger partial charge in [0.25, 0.3) is 0 Å². The SMILES string of the molecule is O=C1CN2CCN(CC2)Cc2cccc(c2)Nc2nccc(n2)-c2ccc(nc2)CN(C(=O)C(F)(F)F)/C=C/N1. The molecule has 8 bridgehead atoms. The Labute approximate surface area is 228 Å². The van der Waals surface area contributed by atoms with Crippen molar-refractivity contribution in [2.45, 2.75) is 19.3 Å². The third kappa shape index (κ3) is 6.98. The van der Waals surface area contributed by atoms with Gasteiger partial charge in [-0.2, -0.15) is 13.2 Å². The summed E-state index contributed by atoms with van der Waals surface area (Å²) in [6.45, 7) is 3.21. The summed E-state index contributed by atoms with van der Waals surface area (Å²) in [7, 11) is 0. The predicted molar refractivity (Wildman–Crippen MR) is 141 cm³/mol. The third-order valence-electron chi connectivity index (χ3n) is 6.53. The molecule has 13 heteroatoms. The molecule has 2 N–H and O–H groups in total. The molecule has 0 unspecified atom stereocenters. The Balaban J connectivity index is 1.43. The van der Waals surface area contributed by atoms with Crippen molar-refractivity contribution in [3.63, 3.8) is 0 Å². The van der Waals surface area contributed by atoms with E-state index in [1.165, 1.54) is 12.3 Å². The van der Waals surface area contributed by atoms with Crippen LogP contribution < -0.4 is 10.6 Å². The standard InChI is InChI=1S/C27H27F3N8O2/c28-27(29,30)25(40)38-9-8-31-24(39)18-37-12-10-36(11-13-37)16-19-2-1-3-21(14-19)34-26-32-7-6-23(35-26)20-4-5-22(17-38)33-15-20/h1-9,14-15H,10-13,16-18H2,(H,31,39)(H,32,34,35)/b9-8+. The normalized spacial score (nSPS) is 20.9. The molecule has 1 fully saturated rings. The summed E-state index contributed by atoms with van der Waals surface area (Å²) in [5.41, 5.74) is 3.36. The smallest absolute Gasteiger partial charge is 0.330 e. The van der Waals surface area contributed by atoms with E-state index in [1.54, 1.807) is 18.3 Å². The van der Waals surface area contributed by atoms with Crippen LogP contribution in [-0.2, 0) is 22.7 Å². The monoisotopic (exact) mass is 552 g/mol. The number of anilines is 2. The molecule has 0 radical (unpaired) electrons. The van der Waals surface area contributed by atoms with Gasteiger partial charge < -0.3 is 15.5 Å². The molecular weight excluding hydrogens is 525 g/mol. The number of alkyl halides is 3. The number of piperazine rings is 1. The van der Waals surface area contributed by atoms with Crippen molar-refractivity contribution in [3.8, 4) is 11.3 Å². The molecule has 7 heterocycles. The van der Waals surface area contributed by atoms with Crippen LogP contribution in [0, 0.1) is 0 Å². The van der Waals surface area contributed by atoms with Gasteiger partial charge in [-0.1, -0.05) is 12.1 Å². The molecule has 40 heavy (non-hydrogen) atoms. The Morgan fingerprint density at radius 2 is 1.70 bits per heavy atom. The molecule has 3 aromatic rings. The largest absolute Gasteiger partial charge is 0.471 e. The van der Waals surface area contributed by atoms with Crippen LogP contribution in [0.4, 0.5) is 24.8 Å². The van der Waals surface area contributed by atoms with Crippen LogP contribution in [-0.4, -0.2) is 80.4 Å². The molecule has 2 aromatic heterocycles. The van der Waals surface area contributed by atoms with Crippen LogP contribution in [0.15, 0.2) is 67.3 Å². The number of aromatic nitrogens is 3. The van der Waals surface area contributed by atoms with E-state index in [4.69, 9.17) is 0 Å². The molecule has 1 aromatic carbocycles. The van der Waals surface area contributed by atoms with Crippen molar-refractivity contribution in [1.29, 1.82) is 0 Å². The summed E-state index contributed by atoms with van der Waals surface area (Å²) in [6.07, 6.45) is -0.0628. The zero-order valence-corrected chi connectivity index (χ0v) is 21.4. The highest BCUT2D eigenvalue weighted by Gasteiger charge is 2.42. The minimum absolute atomic E-state index is 0.0896. The van der Waals surface area contributed by atoms with E-state index in [0.717, 1.165) is 43.3 Å². The van der Waals surface area contributed by atoms with Crippen LogP contribution in [0.2, 0.25) is 0 Å². The molecule has 1 saturated heterocycles. The number of carbonyl (C=O) groups is 2. The summed E-state index contributed by atoms with van der Waals surface area (Å²) in [5.74, 6) is -2.07. The topological polar surface area (TPSA) is 107 Å². The molecule has 8 rings (SSSR count). The van der Waals surface area contributed by atoms with Crippen molar-refractivity contribution in [2.75, 3.05) is 38.0 Å². The highest BCUT2D eigenvalue weighted by Crippen LogP contribution is 2.23.